The van der Waals surface area contributed by atoms with Crippen LogP contribution in [0.25, 0.3) is 46.6 Å². The Hall–Kier alpha value is -2.36. The van der Waals surface area contributed by atoms with Crippen LogP contribution >= 0.6 is 34.1 Å². The van der Waals surface area contributed by atoms with Crippen LogP contribution < -0.4 is 0 Å². The molecule has 4 atom stereocenters. The van der Waals surface area contributed by atoms with Crippen LogP contribution in [-0.2, 0) is 28.1 Å². The van der Waals surface area contributed by atoms with E-state index in [1.165, 1.54) is 89.1 Å². The van der Waals surface area contributed by atoms with Crippen molar-refractivity contribution in [3.05, 3.63) is 212 Å². The number of fused-ring (bicyclic) bond motifs is 4. The first kappa shape index (κ1) is 49.2. The van der Waals surface area contributed by atoms with Crippen molar-refractivity contribution in [3.63, 3.8) is 0 Å². The molecule has 6 aromatic rings. The van der Waals surface area contributed by atoms with Crippen LogP contribution in [0.4, 0.5) is 0 Å². The second-order valence-electron chi connectivity index (χ2n) is 22.1. The molecule has 6 aromatic carbocycles. The molecule has 0 spiro atoms. The molecule has 0 heterocycles. The van der Waals surface area contributed by atoms with Gasteiger partial charge in [-0.05, 0) is 0 Å². The van der Waals surface area contributed by atoms with E-state index >= 15 is 0 Å². The summed E-state index contributed by atoms with van der Waals surface area (Å²) in [6.07, 6.45) is 13.8. The van der Waals surface area contributed by atoms with Gasteiger partial charge in [0.05, 0.1) is 0 Å². The molecule has 0 bridgehead atoms. The Kier molecular flexibility index (Phi) is 12.4. The topological polar surface area (TPSA) is 0 Å². The Morgan fingerprint density at radius 3 is 1.07 bits per heavy atom. The van der Waals surface area contributed by atoms with Crippen molar-refractivity contribution < 1.29 is 28.1 Å². The zero-order chi connectivity index (χ0) is 47.8. The predicted octanol–water partition coefficient (Wildman–Crippen LogP) is 18.7. The Morgan fingerprint density at radius 1 is 0.368 bits per heavy atom. The maximum absolute atomic E-state index is 9.21. The molecule has 0 radical (unpaired) electrons. The fourth-order valence-corrected chi connectivity index (χ4v) is 102. The molecule has 0 aromatic heterocycles. The Morgan fingerprint density at radius 2 is 0.691 bits per heavy atom. The van der Waals surface area contributed by atoms with E-state index in [1.54, 1.807) is 0 Å². The number of hydrogen-bond acceptors (Lipinski definition) is 0. The van der Waals surface area contributed by atoms with Gasteiger partial charge >= 0.3 is 424 Å². The zero-order valence-electron chi connectivity index (χ0n) is 40.6. The third-order valence-electron chi connectivity index (χ3n) is 18.5. The number of rotatable bonds is 15. The molecule has 4 aliphatic carbocycles. The summed E-state index contributed by atoms with van der Waals surface area (Å²) in [5.74, 6) is 0. The number of benzene rings is 6. The molecule has 0 aliphatic heterocycles. The van der Waals surface area contributed by atoms with E-state index in [-0.39, 0.29) is 14.5 Å². The van der Waals surface area contributed by atoms with E-state index in [1.807, 2.05) is 0 Å². The summed E-state index contributed by atoms with van der Waals surface area (Å²) >= 11 is -11.1. The summed E-state index contributed by atoms with van der Waals surface area (Å²) in [7, 11) is 36.8. The van der Waals surface area contributed by atoms with Crippen LogP contribution in [0, 0.1) is 0 Å². The van der Waals surface area contributed by atoms with Gasteiger partial charge in [-0.2, -0.15) is 0 Å². The molecular formula is C60H66Cl4Si2Zr2. The number of allylic oxidation sites excluding steroid dienone is 4. The molecule has 0 saturated carbocycles. The summed E-state index contributed by atoms with van der Waals surface area (Å²) in [4.78, 5) is 0. The van der Waals surface area contributed by atoms with E-state index in [4.69, 9.17) is 0 Å². The normalized spacial score (nSPS) is 21.9. The van der Waals surface area contributed by atoms with Crippen molar-refractivity contribution in [1.29, 1.82) is 0 Å². The van der Waals surface area contributed by atoms with E-state index in [0.29, 0.717) is 0 Å². The maximum atomic E-state index is 9.21. The Labute approximate surface area is 418 Å². The number of hydrogen-bond donors (Lipinski definition) is 0. The second kappa shape index (κ2) is 17.1. The summed E-state index contributed by atoms with van der Waals surface area (Å²) in [6, 6.07) is 53.4. The summed E-state index contributed by atoms with van der Waals surface area (Å²) in [5.41, 5.74) is 20.9. The van der Waals surface area contributed by atoms with Gasteiger partial charge < -0.3 is 0 Å². The van der Waals surface area contributed by atoms with Crippen molar-refractivity contribution >= 4 is 71.6 Å². The van der Waals surface area contributed by atoms with Gasteiger partial charge in [-0.25, -0.2) is 0 Å². The fraction of sp³-hybridized carbons (Fsp3) is 0.267. The SMILES string of the molecule is C[SiH2][Zr]([Cl])([Cl])([CH2]CCCC[CH2][Zr]([Cl])([Cl])([SiH2]C)([CH]1C(C)=Cc2ccccc21)[CH]1C(C)=Cc2c(-c3ccccc3)cccc21)([CH]1C(C)=Cc2ccccc21)[CH]1C(C)=Cc2c(-c3ccccc3)cccc21. The van der Waals surface area contributed by atoms with E-state index in [9.17, 15) is 34.1 Å². The fourth-order valence-electron chi connectivity index (χ4n) is 15.6. The van der Waals surface area contributed by atoms with Crippen molar-refractivity contribution in [2.45, 2.75) is 89.2 Å². The van der Waals surface area contributed by atoms with Gasteiger partial charge in [-0.1, -0.05) is 0 Å². The van der Waals surface area contributed by atoms with Crippen LogP contribution in [0.3, 0.4) is 0 Å². The molecule has 68 heavy (non-hydrogen) atoms. The molecule has 4 aliphatic rings. The second-order valence-corrected chi connectivity index (χ2v) is 129. The third-order valence-corrected chi connectivity index (χ3v) is 128. The van der Waals surface area contributed by atoms with Crippen molar-refractivity contribution in [2.24, 2.45) is 0 Å². The molecule has 8 heteroatoms. The molecule has 0 fully saturated rings. The van der Waals surface area contributed by atoms with E-state index in [2.05, 4.69) is 211 Å². The molecule has 0 N–H and O–H groups in total. The van der Waals surface area contributed by atoms with Crippen LogP contribution in [0.15, 0.2) is 168 Å². The first-order chi connectivity index (χ1) is 32.5. The summed E-state index contributed by atoms with van der Waals surface area (Å²) < 4.78 is 1.93. The van der Waals surface area contributed by atoms with Gasteiger partial charge in [0.25, 0.3) is 0 Å². The predicted molar refractivity (Wildman–Crippen MR) is 303 cm³/mol. The van der Waals surface area contributed by atoms with Crippen molar-refractivity contribution in [2.75, 3.05) is 0 Å². The molecule has 10 rings (SSSR count). The van der Waals surface area contributed by atoms with Crippen molar-refractivity contribution in [3.8, 4) is 22.3 Å². The van der Waals surface area contributed by atoms with Gasteiger partial charge in [-0.3, -0.25) is 0 Å². The Balaban J connectivity index is 1.02. The van der Waals surface area contributed by atoms with Crippen LogP contribution in [-0.4, -0.2) is 13.3 Å². The average Bonchev–Trinajstić information content (AvgIpc) is 4.10. The van der Waals surface area contributed by atoms with E-state index < -0.39 is 41.4 Å². The molecule has 0 saturated heterocycles. The van der Waals surface area contributed by atoms with Crippen molar-refractivity contribution in [1.82, 2.24) is 0 Å². The standard InChI is InChI=1S/2C16H13.2C10H9.C6H12.2CH5Si.4ClH.2Zr/c2*1-12-10-14-8-5-9-15(16(14)11-12)13-6-3-2-4-7-13;2*1-8-6-9-4-2-3-5-10(9)7-8;1-3-5-6-4-2;2*1-2;;;;;;/h2*2-11H,1H3;2*2-7H,1H3;1-6H2;2*2H2,1H3;4*1H;;/q;;;;;;;;;;;2*+2/p-4. The number of unbranched alkanes of at least 4 members (excludes halogenated alkanes) is 3. The minimum absolute atomic E-state index is 0.0244. The first-order valence-electron chi connectivity index (χ1n) is 25.3. The quantitative estimate of drug-likeness (QED) is 0.0710. The van der Waals surface area contributed by atoms with Crippen LogP contribution in [0.2, 0.25) is 21.4 Å². The third kappa shape index (κ3) is 7.32. The van der Waals surface area contributed by atoms with Crippen LogP contribution in [0.1, 0.15) is 112 Å². The molecule has 0 amide bonds. The minimum atomic E-state index is -5.57. The Bertz CT molecular complexity index is 2960. The number of halogens is 4. The summed E-state index contributed by atoms with van der Waals surface area (Å²) in [6.45, 7) is 12.2. The van der Waals surface area contributed by atoms with E-state index in [0.717, 1.165) is 33.9 Å². The van der Waals surface area contributed by atoms with Crippen LogP contribution in [0.5, 0.6) is 0 Å². The van der Waals surface area contributed by atoms with Gasteiger partial charge in [0, 0.05) is 0 Å². The first-order valence-corrected chi connectivity index (χ1v) is 61.8. The zero-order valence-corrected chi connectivity index (χ0v) is 51.4. The molecule has 4 unspecified atom stereocenters. The summed E-state index contributed by atoms with van der Waals surface area (Å²) in [5, 5.41) is 0. The monoisotopic (exact) mass is 1160 g/mol. The molecule has 0 nitrogen and oxygen atoms in total. The average molecular weight is 1170 g/mol. The molecule has 350 valence electrons. The van der Waals surface area contributed by atoms with Gasteiger partial charge in [0.2, 0.25) is 0 Å². The van der Waals surface area contributed by atoms with Gasteiger partial charge in [0.1, 0.15) is 0 Å². The van der Waals surface area contributed by atoms with Gasteiger partial charge in [-0.15, -0.1) is 0 Å². The van der Waals surface area contributed by atoms with Gasteiger partial charge in [0.15, 0.2) is 0 Å². The molecular weight excluding hydrogens is 1100 g/mol.